The van der Waals surface area contributed by atoms with E-state index in [9.17, 15) is 4.79 Å². The molecule has 132 valence electrons. The molecule has 1 amide bonds. The monoisotopic (exact) mass is 357 g/mol. The first-order valence-corrected chi connectivity index (χ1v) is 9.45. The summed E-state index contributed by atoms with van der Waals surface area (Å²) >= 11 is 1.68. The largest absolute Gasteiger partial charge is 0.340 e. The Kier molecular flexibility index (Phi) is 3.91. The van der Waals surface area contributed by atoms with Gasteiger partial charge in [0.1, 0.15) is 5.82 Å². The van der Waals surface area contributed by atoms with Gasteiger partial charge < -0.3 is 9.47 Å². The zero-order chi connectivity index (χ0) is 17.7. The molecule has 0 N–H and O–H groups in total. The van der Waals surface area contributed by atoms with Crippen LogP contribution in [-0.4, -0.2) is 36.8 Å². The number of hydrogen-bond donors (Lipinski definition) is 0. The van der Waals surface area contributed by atoms with E-state index < -0.39 is 0 Å². The average Bonchev–Trinajstić information content (AvgIpc) is 3.21. The van der Waals surface area contributed by atoms with Crippen LogP contribution >= 0.6 is 11.3 Å². The lowest BCUT2D eigenvalue weighted by atomic mass is 9.97. The van der Waals surface area contributed by atoms with E-state index >= 15 is 0 Å². The van der Waals surface area contributed by atoms with E-state index in [1.807, 2.05) is 25.1 Å². The normalized spacial score (nSPS) is 17.0. The molecule has 7 heteroatoms. The van der Waals surface area contributed by atoms with Crippen molar-refractivity contribution in [2.45, 2.75) is 46.7 Å². The van der Waals surface area contributed by atoms with Gasteiger partial charge in [0.25, 0.3) is 0 Å². The summed E-state index contributed by atoms with van der Waals surface area (Å²) in [5.41, 5.74) is 3.24. The first kappa shape index (κ1) is 16.3. The Morgan fingerprint density at radius 3 is 3.00 bits per heavy atom. The predicted molar refractivity (Wildman–Crippen MR) is 97.8 cm³/mol. The second kappa shape index (κ2) is 5.98. The van der Waals surface area contributed by atoms with Gasteiger partial charge in [0, 0.05) is 43.0 Å². The number of rotatable bonds is 3. The average molecular weight is 357 g/mol. The summed E-state index contributed by atoms with van der Waals surface area (Å²) in [5, 5.41) is 0. The third-order valence-corrected chi connectivity index (χ3v) is 6.01. The van der Waals surface area contributed by atoms with Crippen molar-refractivity contribution in [3.05, 3.63) is 40.2 Å². The molecule has 25 heavy (non-hydrogen) atoms. The van der Waals surface area contributed by atoms with Crippen molar-refractivity contribution in [3.63, 3.8) is 0 Å². The molecule has 6 nitrogen and oxygen atoms in total. The molecule has 0 aromatic carbocycles. The number of hydrogen-bond acceptors (Lipinski definition) is 4. The number of thiazole rings is 1. The third-order valence-electron chi connectivity index (χ3n) is 5.11. The zero-order valence-corrected chi connectivity index (χ0v) is 15.9. The fourth-order valence-electron chi connectivity index (χ4n) is 3.69. The van der Waals surface area contributed by atoms with E-state index in [2.05, 4.69) is 39.0 Å². The molecule has 0 saturated carbocycles. The number of carbonyl (C=O) groups is 1. The fraction of sp³-hybridized carbons (Fsp3) is 0.500. The Hall–Kier alpha value is -2.15. The third kappa shape index (κ3) is 2.76. The molecular formula is C18H23N5OS. The van der Waals surface area contributed by atoms with Gasteiger partial charge in [-0.1, -0.05) is 0 Å². The molecule has 1 aliphatic rings. The number of aromatic nitrogens is 4. The first-order valence-electron chi connectivity index (χ1n) is 8.64. The number of fused-ring (bicyclic) bond motifs is 2. The van der Waals surface area contributed by atoms with Crippen molar-refractivity contribution < 1.29 is 4.79 Å². The van der Waals surface area contributed by atoms with Crippen molar-refractivity contribution in [1.29, 1.82) is 0 Å². The van der Waals surface area contributed by atoms with Crippen LogP contribution in [0.2, 0.25) is 0 Å². The van der Waals surface area contributed by atoms with Crippen LogP contribution in [0.4, 0.5) is 0 Å². The Morgan fingerprint density at radius 2 is 2.20 bits per heavy atom. The van der Waals surface area contributed by atoms with Gasteiger partial charge in [-0.05, 0) is 27.2 Å². The molecule has 0 bridgehead atoms. The highest BCUT2D eigenvalue weighted by Crippen LogP contribution is 2.25. The second-order valence-electron chi connectivity index (χ2n) is 6.99. The van der Waals surface area contributed by atoms with Crippen molar-refractivity contribution >= 4 is 22.2 Å². The molecule has 3 aromatic rings. The first-order chi connectivity index (χ1) is 11.9. The minimum atomic E-state index is 0.0262. The molecule has 0 saturated heterocycles. The van der Waals surface area contributed by atoms with Crippen LogP contribution in [0.1, 0.15) is 34.2 Å². The zero-order valence-electron chi connectivity index (χ0n) is 15.1. The maximum Gasteiger partial charge on any atom is 0.227 e. The van der Waals surface area contributed by atoms with Gasteiger partial charge in [-0.3, -0.25) is 9.20 Å². The van der Waals surface area contributed by atoms with Crippen LogP contribution in [0.25, 0.3) is 4.96 Å². The lowest BCUT2D eigenvalue weighted by Crippen LogP contribution is -2.37. The highest BCUT2D eigenvalue weighted by Gasteiger charge is 2.29. The molecule has 1 unspecified atom stereocenters. The van der Waals surface area contributed by atoms with Gasteiger partial charge in [0.05, 0.1) is 23.9 Å². The summed E-state index contributed by atoms with van der Waals surface area (Å²) in [4.78, 5) is 26.1. The summed E-state index contributed by atoms with van der Waals surface area (Å²) in [7, 11) is 1.90. The highest BCUT2D eigenvalue weighted by atomic mass is 32.1. The number of aryl methyl sites for hydroxylation is 4. The van der Waals surface area contributed by atoms with E-state index in [0.717, 1.165) is 47.3 Å². The standard InChI is InChI=1S/C18H23N5OS/c1-11-7-19-16-6-5-14(9-22(11)16)17(24)21(4)10-15-13(3)20-18-23(15)8-12(2)25-18/h7-8,14H,5-6,9-10H2,1-4H3. The number of nitrogens with zero attached hydrogens (tertiary/aromatic N) is 5. The van der Waals surface area contributed by atoms with E-state index in [4.69, 9.17) is 0 Å². The van der Waals surface area contributed by atoms with Crippen LogP contribution in [0.5, 0.6) is 0 Å². The van der Waals surface area contributed by atoms with Gasteiger partial charge >= 0.3 is 0 Å². The highest BCUT2D eigenvalue weighted by molar-refractivity contribution is 7.17. The van der Waals surface area contributed by atoms with Gasteiger partial charge in [-0.15, -0.1) is 11.3 Å². The molecule has 1 atom stereocenters. The summed E-state index contributed by atoms with van der Waals surface area (Å²) in [6.45, 7) is 7.49. The van der Waals surface area contributed by atoms with Crippen molar-refractivity contribution in [2.24, 2.45) is 5.92 Å². The second-order valence-corrected chi connectivity index (χ2v) is 8.21. The predicted octanol–water partition coefficient (Wildman–Crippen LogP) is 2.74. The van der Waals surface area contributed by atoms with Gasteiger partial charge in [0.2, 0.25) is 5.91 Å². The van der Waals surface area contributed by atoms with Crippen LogP contribution in [0.15, 0.2) is 12.4 Å². The Bertz CT molecular complexity index is 950. The van der Waals surface area contributed by atoms with Crippen LogP contribution in [0, 0.1) is 26.7 Å². The van der Waals surface area contributed by atoms with E-state index in [1.165, 1.54) is 4.88 Å². The Labute approximate surface area is 151 Å². The van der Waals surface area contributed by atoms with E-state index in [0.29, 0.717) is 6.54 Å². The minimum Gasteiger partial charge on any atom is -0.340 e. The number of carbonyl (C=O) groups excluding carboxylic acids is 1. The number of imidazole rings is 2. The quantitative estimate of drug-likeness (QED) is 0.724. The van der Waals surface area contributed by atoms with Crippen LogP contribution in [-0.2, 0) is 24.3 Å². The maximum atomic E-state index is 13.0. The van der Waals surface area contributed by atoms with Crippen LogP contribution in [0.3, 0.4) is 0 Å². The summed E-state index contributed by atoms with van der Waals surface area (Å²) < 4.78 is 4.31. The topological polar surface area (TPSA) is 55.4 Å². The SMILES string of the molecule is Cc1cn2c(CN(C)C(=O)C3CCc4ncc(C)n4C3)c(C)nc2s1. The molecule has 1 aliphatic heterocycles. The number of amides is 1. The molecule has 0 radical (unpaired) electrons. The van der Waals surface area contributed by atoms with Gasteiger partial charge in [-0.25, -0.2) is 9.97 Å². The Balaban J connectivity index is 1.52. The van der Waals surface area contributed by atoms with Crippen molar-refractivity contribution in [3.8, 4) is 0 Å². The van der Waals surface area contributed by atoms with Crippen molar-refractivity contribution in [2.75, 3.05) is 7.05 Å². The molecule has 0 fully saturated rings. The van der Waals surface area contributed by atoms with Crippen molar-refractivity contribution in [1.82, 2.24) is 23.8 Å². The fourth-order valence-corrected chi connectivity index (χ4v) is 4.58. The molecule has 3 aromatic heterocycles. The molecule has 0 spiro atoms. The molecular weight excluding hydrogens is 334 g/mol. The summed E-state index contributed by atoms with van der Waals surface area (Å²) in [6, 6.07) is 0. The minimum absolute atomic E-state index is 0.0262. The van der Waals surface area contributed by atoms with E-state index in [1.54, 1.807) is 11.3 Å². The molecule has 4 heterocycles. The maximum absolute atomic E-state index is 13.0. The molecule has 0 aliphatic carbocycles. The van der Waals surface area contributed by atoms with Gasteiger partial charge in [-0.2, -0.15) is 0 Å². The summed E-state index contributed by atoms with van der Waals surface area (Å²) in [6.07, 6.45) is 5.75. The Morgan fingerprint density at radius 1 is 1.40 bits per heavy atom. The lowest BCUT2D eigenvalue weighted by Gasteiger charge is -2.28. The smallest absolute Gasteiger partial charge is 0.227 e. The molecule has 4 rings (SSSR count). The van der Waals surface area contributed by atoms with E-state index in [-0.39, 0.29) is 11.8 Å². The van der Waals surface area contributed by atoms with Crippen LogP contribution < -0.4 is 0 Å². The lowest BCUT2D eigenvalue weighted by molar-refractivity contribution is -0.135. The summed E-state index contributed by atoms with van der Waals surface area (Å²) in [5.74, 6) is 1.34. The van der Waals surface area contributed by atoms with Gasteiger partial charge in [0.15, 0.2) is 4.96 Å².